The maximum Gasteiger partial charge on any atom is 0.151 e. The Kier molecular flexibility index (Phi) is 3.75. The second-order valence-corrected chi connectivity index (χ2v) is 7.80. The van der Waals surface area contributed by atoms with Crippen LogP contribution in [0.2, 0.25) is 0 Å². The highest BCUT2D eigenvalue weighted by Crippen LogP contribution is 2.33. The van der Waals surface area contributed by atoms with E-state index in [1.165, 1.54) is 11.0 Å². The van der Waals surface area contributed by atoms with E-state index in [-0.39, 0.29) is 6.04 Å². The standard InChI is InChI=1S/C13H17NO2S2/c1-9(18(3,15)16)13(14-2)11-8-17-12-7-5-4-6-10(11)12/h4-9,13-14H,1-3H3. The predicted octanol–water partition coefficient (Wildman–Crippen LogP) is 2.59. The summed E-state index contributed by atoms with van der Waals surface area (Å²) in [7, 11) is -1.26. The molecule has 0 spiro atoms. The number of nitrogens with one attached hydrogen (secondary N) is 1. The zero-order valence-electron chi connectivity index (χ0n) is 10.7. The van der Waals surface area contributed by atoms with Crippen molar-refractivity contribution < 1.29 is 8.42 Å². The molecule has 0 amide bonds. The number of fused-ring (bicyclic) bond motifs is 1. The summed E-state index contributed by atoms with van der Waals surface area (Å²) >= 11 is 1.65. The van der Waals surface area contributed by atoms with Crippen molar-refractivity contribution >= 4 is 31.3 Å². The van der Waals surface area contributed by atoms with Crippen molar-refractivity contribution in [3.05, 3.63) is 35.2 Å². The summed E-state index contributed by atoms with van der Waals surface area (Å²) in [5.74, 6) is 0. The number of sulfone groups is 1. The molecule has 0 bridgehead atoms. The van der Waals surface area contributed by atoms with E-state index in [4.69, 9.17) is 0 Å². The van der Waals surface area contributed by atoms with Crippen molar-refractivity contribution in [1.29, 1.82) is 0 Å². The average molecular weight is 283 g/mol. The van der Waals surface area contributed by atoms with E-state index in [9.17, 15) is 8.42 Å². The van der Waals surface area contributed by atoms with E-state index in [0.29, 0.717) is 0 Å². The summed E-state index contributed by atoms with van der Waals surface area (Å²) < 4.78 is 24.6. The van der Waals surface area contributed by atoms with E-state index < -0.39 is 15.1 Å². The number of thiophene rings is 1. The lowest BCUT2D eigenvalue weighted by atomic mass is 10.0. The molecule has 0 saturated carbocycles. The van der Waals surface area contributed by atoms with Gasteiger partial charge in [0, 0.05) is 17.0 Å². The third kappa shape index (κ3) is 2.43. The first-order valence-electron chi connectivity index (χ1n) is 5.77. The first-order valence-corrected chi connectivity index (χ1v) is 8.61. The molecule has 2 aromatic rings. The van der Waals surface area contributed by atoms with Gasteiger partial charge in [-0.1, -0.05) is 18.2 Å². The second-order valence-electron chi connectivity index (χ2n) is 4.49. The summed E-state index contributed by atoms with van der Waals surface area (Å²) in [6, 6.07) is 7.91. The summed E-state index contributed by atoms with van der Waals surface area (Å²) in [6.07, 6.45) is 1.29. The SMILES string of the molecule is CNC(c1csc2ccccc12)C(C)S(C)(=O)=O. The fraction of sp³-hybridized carbons (Fsp3) is 0.385. The Morgan fingerprint density at radius 1 is 1.28 bits per heavy atom. The Morgan fingerprint density at radius 2 is 1.94 bits per heavy atom. The van der Waals surface area contributed by atoms with E-state index in [1.807, 2.05) is 23.6 Å². The van der Waals surface area contributed by atoms with Crippen molar-refractivity contribution in [2.75, 3.05) is 13.3 Å². The van der Waals surface area contributed by atoms with E-state index in [0.717, 1.165) is 10.9 Å². The van der Waals surface area contributed by atoms with Crippen LogP contribution >= 0.6 is 11.3 Å². The Morgan fingerprint density at radius 3 is 2.56 bits per heavy atom. The molecule has 18 heavy (non-hydrogen) atoms. The predicted molar refractivity (Wildman–Crippen MR) is 77.9 cm³/mol. The van der Waals surface area contributed by atoms with Crippen LogP contribution in [0.25, 0.3) is 10.1 Å². The van der Waals surface area contributed by atoms with Crippen LogP contribution in [0.3, 0.4) is 0 Å². The van der Waals surface area contributed by atoms with Gasteiger partial charge in [0.25, 0.3) is 0 Å². The molecule has 1 heterocycles. The van der Waals surface area contributed by atoms with Crippen LogP contribution in [0, 0.1) is 0 Å². The number of rotatable bonds is 4. The largest absolute Gasteiger partial charge is 0.312 e. The van der Waals surface area contributed by atoms with Crippen LogP contribution in [-0.2, 0) is 9.84 Å². The van der Waals surface area contributed by atoms with Gasteiger partial charge in [-0.05, 0) is 36.4 Å². The van der Waals surface area contributed by atoms with Crippen LogP contribution in [0.4, 0.5) is 0 Å². The highest BCUT2D eigenvalue weighted by molar-refractivity contribution is 7.91. The Bertz CT molecular complexity index is 646. The molecule has 0 aliphatic carbocycles. The third-order valence-corrected chi connectivity index (χ3v) is 5.91. The van der Waals surface area contributed by atoms with Crippen LogP contribution in [0.5, 0.6) is 0 Å². The smallest absolute Gasteiger partial charge is 0.151 e. The number of hydrogen-bond acceptors (Lipinski definition) is 4. The number of hydrogen-bond donors (Lipinski definition) is 1. The van der Waals surface area contributed by atoms with Gasteiger partial charge in [0.1, 0.15) is 0 Å². The molecule has 5 heteroatoms. The molecule has 2 rings (SSSR count). The van der Waals surface area contributed by atoms with E-state index >= 15 is 0 Å². The summed E-state index contributed by atoms with van der Waals surface area (Å²) in [4.78, 5) is 0. The molecule has 0 aliphatic heterocycles. The average Bonchev–Trinajstić information content (AvgIpc) is 2.73. The molecular formula is C13H17NO2S2. The van der Waals surface area contributed by atoms with Crippen LogP contribution < -0.4 is 5.32 Å². The molecule has 0 fully saturated rings. The lowest BCUT2D eigenvalue weighted by Gasteiger charge is -2.22. The zero-order valence-corrected chi connectivity index (χ0v) is 12.3. The molecule has 0 radical (unpaired) electrons. The summed E-state index contributed by atoms with van der Waals surface area (Å²) in [5.41, 5.74) is 1.07. The third-order valence-electron chi connectivity index (χ3n) is 3.30. The van der Waals surface area contributed by atoms with Crippen molar-refractivity contribution in [3.63, 3.8) is 0 Å². The minimum atomic E-state index is -3.07. The van der Waals surface area contributed by atoms with Crippen molar-refractivity contribution in [2.24, 2.45) is 0 Å². The van der Waals surface area contributed by atoms with Gasteiger partial charge in [-0.3, -0.25) is 0 Å². The highest BCUT2D eigenvalue weighted by atomic mass is 32.2. The summed E-state index contributed by atoms with van der Waals surface area (Å²) in [6.45, 7) is 1.75. The maximum absolute atomic E-state index is 11.7. The Balaban J connectivity index is 2.51. The molecule has 2 atom stereocenters. The molecule has 98 valence electrons. The molecule has 0 aliphatic rings. The normalized spacial score (nSPS) is 15.7. The van der Waals surface area contributed by atoms with Gasteiger partial charge >= 0.3 is 0 Å². The van der Waals surface area contributed by atoms with Gasteiger partial charge in [0.15, 0.2) is 9.84 Å². The molecule has 3 nitrogen and oxygen atoms in total. The van der Waals surface area contributed by atoms with Gasteiger partial charge in [0.2, 0.25) is 0 Å². The topological polar surface area (TPSA) is 46.2 Å². The van der Waals surface area contributed by atoms with Crippen LogP contribution in [-0.4, -0.2) is 27.0 Å². The molecule has 0 saturated heterocycles. The van der Waals surface area contributed by atoms with Crippen molar-refractivity contribution in [3.8, 4) is 0 Å². The number of benzene rings is 1. The lowest BCUT2D eigenvalue weighted by molar-refractivity contribution is 0.537. The van der Waals surface area contributed by atoms with Crippen molar-refractivity contribution in [1.82, 2.24) is 5.32 Å². The van der Waals surface area contributed by atoms with E-state index in [2.05, 4.69) is 11.4 Å². The fourth-order valence-corrected chi connectivity index (χ4v) is 3.90. The fourth-order valence-electron chi connectivity index (χ4n) is 2.13. The van der Waals surface area contributed by atoms with Gasteiger partial charge < -0.3 is 5.32 Å². The van der Waals surface area contributed by atoms with Gasteiger partial charge in [-0.2, -0.15) is 0 Å². The van der Waals surface area contributed by atoms with Crippen LogP contribution in [0.1, 0.15) is 18.5 Å². The van der Waals surface area contributed by atoms with Gasteiger partial charge in [-0.25, -0.2) is 8.42 Å². The second kappa shape index (κ2) is 4.99. The van der Waals surface area contributed by atoms with Crippen LogP contribution in [0.15, 0.2) is 29.6 Å². The molecule has 1 N–H and O–H groups in total. The maximum atomic E-state index is 11.7. The zero-order chi connectivity index (χ0) is 13.3. The molecule has 2 unspecified atom stereocenters. The highest BCUT2D eigenvalue weighted by Gasteiger charge is 2.27. The minimum Gasteiger partial charge on any atom is -0.312 e. The van der Waals surface area contributed by atoms with Gasteiger partial charge in [0.05, 0.1) is 5.25 Å². The monoisotopic (exact) mass is 283 g/mol. The first-order chi connectivity index (χ1) is 8.45. The molecule has 1 aromatic carbocycles. The first kappa shape index (κ1) is 13.5. The Labute approximate surface area is 112 Å². The molecule has 1 aromatic heterocycles. The van der Waals surface area contributed by atoms with Crippen molar-refractivity contribution in [2.45, 2.75) is 18.2 Å². The molecular weight excluding hydrogens is 266 g/mol. The van der Waals surface area contributed by atoms with E-state index in [1.54, 1.807) is 25.3 Å². The quantitative estimate of drug-likeness (QED) is 0.938. The summed E-state index contributed by atoms with van der Waals surface area (Å²) in [5, 5.41) is 5.87. The lowest BCUT2D eigenvalue weighted by Crippen LogP contribution is -2.32. The Hall–Kier alpha value is -0.910. The minimum absolute atomic E-state index is 0.170. The van der Waals surface area contributed by atoms with Gasteiger partial charge in [-0.15, -0.1) is 11.3 Å².